The predicted octanol–water partition coefficient (Wildman–Crippen LogP) is 5.29. The number of ketones is 1. The van der Waals surface area contributed by atoms with Crippen LogP contribution in [-0.2, 0) is 16.1 Å². The fourth-order valence-corrected chi connectivity index (χ4v) is 5.89. The minimum atomic E-state index is -0.702. The fourth-order valence-electron chi connectivity index (χ4n) is 5.89. The molecule has 7 heteroatoms. The molecule has 0 spiro atoms. The van der Waals surface area contributed by atoms with E-state index in [2.05, 4.69) is 17.4 Å². The van der Waals surface area contributed by atoms with Crippen LogP contribution in [0.2, 0.25) is 0 Å². The molecular formula is C34H25N3O4. The van der Waals surface area contributed by atoms with Crippen LogP contribution in [0.15, 0.2) is 103 Å². The van der Waals surface area contributed by atoms with Crippen LogP contribution in [0.1, 0.15) is 44.7 Å². The maximum Gasteiger partial charge on any atom is 0.255 e. The van der Waals surface area contributed by atoms with Crippen molar-refractivity contribution in [1.82, 2.24) is 14.8 Å². The molecule has 2 aliphatic heterocycles. The summed E-state index contributed by atoms with van der Waals surface area (Å²) in [4.78, 5) is 52.8. The second kappa shape index (κ2) is 9.71. The first-order valence-corrected chi connectivity index (χ1v) is 13.6. The molecule has 1 unspecified atom stereocenters. The highest BCUT2D eigenvalue weighted by Gasteiger charge is 2.39. The highest BCUT2D eigenvalue weighted by atomic mass is 16.2. The Kier molecular flexibility index (Phi) is 5.86. The van der Waals surface area contributed by atoms with Crippen molar-refractivity contribution in [3.63, 3.8) is 0 Å². The molecule has 1 N–H and O–H groups in total. The van der Waals surface area contributed by atoms with E-state index in [0.717, 1.165) is 27.7 Å². The lowest BCUT2D eigenvalue weighted by molar-refractivity contribution is -0.136. The average molecular weight is 540 g/mol. The minimum Gasteiger partial charge on any atom is -0.322 e. The van der Waals surface area contributed by atoms with E-state index in [1.54, 1.807) is 18.2 Å². The van der Waals surface area contributed by atoms with E-state index in [0.29, 0.717) is 28.7 Å². The molecule has 0 aliphatic carbocycles. The Hall–Kier alpha value is -5.30. The van der Waals surface area contributed by atoms with E-state index in [9.17, 15) is 19.2 Å². The number of rotatable bonds is 5. The number of imide groups is 1. The number of aromatic nitrogens is 1. The molecule has 7 rings (SSSR count). The second-order valence-corrected chi connectivity index (χ2v) is 10.4. The lowest BCUT2D eigenvalue weighted by Crippen LogP contribution is -2.52. The molecule has 7 nitrogen and oxygen atoms in total. The van der Waals surface area contributed by atoms with Crippen molar-refractivity contribution in [1.29, 1.82) is 0 Å². The van der Waals surface area contributed by atoms with Gasteiger partial charge in [0.05, 0.1) is 5.52 Å². The number of hydrogen-bond acceptors (Lipinski definition) is 4. The standard InChI is InChI=1S/C34H25N3O4/c38-31-16-15-30(33(40)35-31)37-19-24-17-23(11-13-26(24)34(37)41)32(39)28-20-36(25-9-5-2-6-10-25)29-14-12-22(18-27(28)29)21-7-3-1-4-8-21/h1-14,17-18,20,30H,15-16,19H2,(H,35,38,40). The third kappa shape index (κ3) is 4.23. The van der Waals surface area contributed by atoms with Crippen LogP contribution in [0.25, 0.3) is 27.7 Å². The number of nitrogens with zero attached hydrogens (tertiary/aromatic N) is 2. The summed E-state index contributed by atoms with van der Waals surface area (Å²) in [5.74, 6) is -1.19. The number of carbonyl (C=O) groups is 4. The average Bonchev–Trinajstić information content (AvgIpc) is 3.55. The summed E-state index contributed by atoms with van der Waals surface area (Å²) in [5.41, 5.74) is 6.14. The summed E-state index contributed by atoms with van der Waals surface area (Å²) in [5, 5.41) is 3.16. The molecule has 41 heavy (non-hydrogen) atoms. The van der Waals surface area contributed by atoms with E-state index in [1.807, 2.05) is 77.5 Å². The van der Waals surface area contributed by atoms with E-state index in [-0.39, 0.29) is 30.6 Å². The van der Waals surface area contributed by atoms with Crippen LogP contribution in [0.4, 0.5) is 0 Å². The second-order valence-electron chi connectivity index (χ2n) is 10.4. The van der Waals surface area contributed by atoms with E-state index >= 15 is 0 Å². The van der Waals surface area contributed by atoms with Gasteiger partial charge in [0.25, 0.3) is 5.91 Å². The Balaban J connectivity index is 1.28. The number of benzene rings is 4. The Morgan fingerprint density at radius 1 is 0.805 bits per heavy atom. The molecule has 1 fully saturated rings. The molecule has 0 bridgehead atoms. The summed E-state index contributed by atoms with van der Waals surface area (Å²) in [6.45, 7) is 0.214. The quantitative estimate of drug-likeness (QED) is 0.243. The molecule has 1 aromatic heterocycles. The van der Waals surface area contributed by atoms with Gasteiger partial charge < -0.3 is 9.47 Å². The molecular weight excluding hydrogens is 514 g/mol. The Bertz CT molecular complexity index is 1870. The van der Waals surface area contributed by atoms with Gasteiger partial charge >= 0.3 is 0 Å². The Labute approximate surface area is 236 Å². The zero-order valence-electron chi connectivity index (χ0n) is 22.0. The minimum absolute atomic E-state index is 0.149. The van der Waals surface area contributed by atoms with Crippen molar-refractivity contribution in [2.75, 3.05) is 0 Å². The Morgan fingerprint density at radius 2 is 1.56 bits per heavy atom. The van der Waals surface area contributed by atoms with Gasteiger partial charge in [-0.05, 0) is 59.5 Å². The number of nitrogens with one attached hydrogen (secondary N) is 1. The van der Waals surface area contributed by atoms with Crippen LogP contribution in [0.5, 0.6) is 0 Å². The van der Waals surface area contributed by atoms with Crippen LogP contribution in [-0.4, -0.2) is 39.0 Å². The topological polar surface area (TPSA) is 88.5 Å². The third-order valence-corrected chi connectivity index (χ3v) is 7.98. The van der Waals surface area contributed by atoms with Gasteiger partial charge in [-0.15, -0.1) is 0 Å². The molecule has 1 atom stereocenters. The van der Waals surface area contributed by atoms with Crippen molar-refractivity contribution in [2.24, 2.45) is 0 Å². The van der Waals surface area contributed by atoms with E-state index in [4.69, 9.17) is 0 Å². The Morgan fingerprint density at radius 3 is 2.32 bits per heavy atom. The number of para-hydroxylation sites is 1. The van der Waals surface area contributed by atoms with E-state index < -0.39 is 11.9 Å². The predicted molar refractivity (Wildman–Crippen MR) is 155 cm³/mol. The van der Waals surface area contributed by atoms with Gasteiger partial charge in [0.2, 0.25) is 11.8 Å². The number of fused-ring (bicyclic) bond motifs is 2. The van der Waals surface area contributed by atoms with Gasteiger partial charge in [-0.2, -0.15) is 0 Å². The zero-order valence-corrected chi connectivity index (χ0v) is 22.0. The first-order valence-electron chi connectivity index (χ1n) is 13.6. The van der Waals surface area contributed by atoms with Crippen molar-refractivity contribution in [3.8, 4) is 16.8 Å². The SMILES string of the molecule is O=C1CCC(N2Cc3cc(C(=O)c4cn(-c5ccccc5)c5ccc(-c6ccccc6)cc45)ccc3C2=O)C(=O)N1. The van der Waals surface area contributed by atoms with Crippen LogP contribution < -0.4 is 5.32 Å². The highest BCUT2D eigenvalue weighted by Crippen LogP contribution is 2.33. The maximum absolute atomic E-state index is 14.1. The van der Waals surface area contributed by atoms with Gasteiger partial charge in [-0.25, -0.2) is 0 Å². The molecule has 1 saturated heterocycles. The van der Waals surface area contributed by atoms with Crippen molar-refractivity contribution < 1.29 is 19.2 Å². The summed E-state index contributed by atoms with van der Waals surface area (Å²) >= 11 is 0. The largest absolute Gasteiger partial charge is 0.322 e. The molecule has 3 amide bonds. The molecule has 3 heterocycles. The van der Waals surface area contributed by atoms with Crippen LogP contribution in [0.3, 0.4) is 0 Å². The van der Waals surface area contributed by atoms with Crippen LogP contribution >= 0.6 is 0 Å². The molecule has 4 aromatic carbocycles. The van der Waals surface area contributed by atoms with Gasteiger partial charge in [0, 0.05) is 46.9 Å². The van der Waals surface area contributed by atoms with Gasteiger partial charge in [-0.3, -0.25) is 24.5 Å². The zero-order chi connectivity index (χ0) is 28.1. The van der Waals surface area contributed by atoms with Gasteiger partial charge in [0.15, 0.2) is 5.78 Å². The number of amides is 3. The maximum atomic E-state index is 14.1. The van der Waals surface area contributed by atoms with Gasteiger partial charge in [-0.1, -0.05) is 60.7 Å². The molecule has 0 radical (unpaired) electrons. The number of hydrogen-bond donors (Lipinski definition) is 1. The molecule has 2 aliphatic rings. The number of carbonyl (C=O) groups excluding carboxylic acids is 4. The highest BCUT2D eigenvalue weighted by molar-refractivity contribution is 6.17. The van der Waals surface area contributed by atoms with E-state index in [1.165, 1.54) is 4.90 Å². The normalized spacial score (nSPS) is 16.6. The lowest BCUT2D eigenvalue weighted by atomic mass is 9.97. The smallest absolute Gasteiger partial charge is 0.255 e. The first-order chi connectivity index (χ1) is 20.0. The fraction of sp³-hybridized carbons (Fsp3) is 0.118. The summed E-state index contributed by atoms with van der Waals surface area (Å²) in [6.07, 6.45) is 2.36. The molecule has 5 aromatic rings. The van der Waals surface area contributed by atoms with Crippen molar-refractivity contribution in [3.05, 3.63) is 126 Å². The van der Waals surface area contributed by atoms with Crippen molar-refractivity contribution >= 4 is 34.4 Å². The lowest BCUT2D eigenvalue weighted by Gasteiger charge is -2.29. The third-order valence-electron chi connectivity index (χ3n) is 7.98. The first kappa shape index (κ1) is 24.7. The monoisotopic (exact) mass is 539 g/mol. The van der Waals surface area contributed by atoms with Crippen molar-refractivity contribution in [2.45, 2.75) is 25.4 Å². The summed E-state index contributed by atoms with van der Waals surface area (Å²) in [7, 11) is 0. The molecule has 0 saturated carbocycles. The van der Waals surface area contributed by atoms with Crippen LogP contribution in [0, 0.1) is 0 Å². The summed E-state index contributed by atoms with van der Waals surface area (Å²) < 4.78 is 2.03. The number of piperidine rings is 1. The summed E-state index contributed by atoms with van der Waals surface area (Å²) in [6, 6.07) is 30.5. The molecule has 200 valence electrons. The van der Waals surface area contributed by atoms with Gasteiger partial charge in [0.1, 0.15) is 6.04 Å².